The topological polar surface area (TPSA) is 73.5 Å². The maximum Gasteiger partial charge on any atom is 0.316 e. The summed E-state index contributed by atoms with van der Waals surface area (Å²) in [5.41, 5.74) is 0.332. The Morgan fingerprint density at radius 3 is 2.26 bits per heavy atom. The molecule has 2 N–H and O–H groups in total. The molecule has 0 bridgehead atoms. The van der Waals surface area contributed by atoms with Gasteiger partial charge in [-0.15, -0.1) is 0 Å². The molecule has 120 valence electrons. The largest absolute Gasteiger partial charge is 0.324 e. The highest BCUT2D eigenvalue weighted by Crippen LogP contribution is 2.34. The number of hydroxylamine groups is 1. The van der Waals surface area contributed by atoms with Gasteiger partial charge in [0.05, 0.1) is 21.4 Å². The number of nitrogens with one attached hydrogen (secondary N) is 1. The maximum atomic E-state index is 12.1. The minimum Gasteiger partial charge on any atom is -0.324 e. The third-order valence-corrected chi connectivity index (χ3v) is 3.50. The smallest absolute Gasteiger partial charge is 0.316 e. The summed E-state index contributed by atoms with van der Waals surface area (Å²) in [6, 6.07) is 8.03. The van der Waals surface area contributed by atoms with Gasteiger partial charge in [-0.1, -0.05) is 29.3 Å². The molecular formula is C15H14Cl2N3O3+. The number of rotatable bonds is 4. The Hall–Kier alpha value is -2.15. The molecule has 23 heavy (non-hydrogen) atoms. The molecule has 0 aliphatic carbocycles. The van der Waals surface area contributed by atoms with Crippen molar-refractivity contribution in [1.82, 2.24) is 0 Å². The number of benzene rings is 1. The van der Waals surface area contributed by atoms with E-state index in [9.17, 15) is 14.8 Å². The lowest BCUT2D eigenvalue weighted by atomic mass is 10.2. The third kappa shape index (κ3) is 4.41. The number of hydrogen-bond acceptors (Lipinski definition) is 3. The van der Waals surface area contributed by atoms with Crippen LogP contribution in [0, 0.1) is 0 Å². The van der Waals surface area contributed by atoms with Crippen molar-refractivity contribution in [2.75, 3.05) is 10.4 Å². The average Bonchev–Trinajstić information content (AvgIpc) is 2.50. The fraction of sp³-hybridized carbons (Fsp3) is 0.133. The van der Waals surface area contributed by atoms with E-state index in [0.29, 0.717) is 5.06 Å². The van der Waals surface area contributed by atoms with Gasteiger partial charge >= 0.3 is 5.91 Å². The first kappa shape index (κ1) is 17.2. The first-order chi connectivity index (χ1) is 10.9. The fourth-order valence-corrected chi connectivity index (χ4v) is 2.45. The number of anilines is 2. The monoisotopic (exact) mass is 354 g/mol. The van der Waals surface area contributed by atoms with Crippen molar-refractivity contribution in [3.8, 4) is 0 Å². The molecule has 8 heteroatoms. The van der Waals surface area contributed by atoms with Gasteiger partial charge in [-0.25, -0.2) is 0 Å². The van der Waals surface area contributed by atoms with Crippen molar-refractivity contribution in [2.24, 2.45) is 0 Å². The number of aromatic nitrogens is 1. The predicted octanol–water partition coefficient (Wildman–Crippen LogP) is 2.66. The van der Waals surface area contributed by atoms with Gasteiger partial charge in [-0.2, -0.15) is 9.63 Å². The quantitative estimate of drug-likeness (QED) is 0.503. The molecule has 0 radical (unpaired) electrons. The van der Waals surface area contributed by atoms with Gasteiger partial charge in [0.1, 0.15) is 0 Å². The number of pyridine rings is 1. The first-order valence-corrected chi connectivity index (χ1v) is 7.36. The molecule has 0 aliphatic heterocycles. The Labute approximate surface area is 142 Å². The SMILES string of the molecule is CC(=O)Nc1c(Cl)cc(N(O)C(=O)C[n+]2ccccc2)cc1Cl. The number of carbonyl (C=O) groups is 2. The van der Waals surface area contributed by atoms with Crippen LogP contribution in [0.3, 0.4) is 0 Å². The minimum atomic E-state index is -0.569. The molecule has 0 unspecified atom stereocenters. The molecule has 1 aromatic carbocycles. The van der Waals surface area contributed by atoms with Gasteiger partial charge in [-0.3, -0.25) is 14.8 Å². The normalized spacial score (nSPS) is 10.3. The molecule has 0 saturated heterocycles. The van der Waals surface area contributed by atoms with E-state index in [2.05, 4.69) is 5.32 Å². The summed E-state index contributed by atoms with van der Waals surface area (Å²) >= 11 is 12.1. The second-order valence-electron chi connectivity index (χ2n) is 4.72. The Morgan fingerprint density at radius 1 is 1.17 bits per heavy atom. The van der Waals surface area contributed by atoms with E-state index in [1.165, 1.54) is 19.1 Å². The molecule has 1 heterocycles. The summed E-state index contributed by atoms with van der Waals surface area (Å²) in [6.07, 6.45) is 3.40. The lowest BCUT2D eigenvalue weighted by Crippen LogP contribution is -2.43. The van der Waals surface area contributed by atoms with Gasteiger partial charge in [0.25, 0.3) is 0 Å². The molecule has 0 atom stereocenters. The second kappa shape index (κ2) is 7.41. The number of carbonyl (C=O) groups excluding carboxylic acids is 2. The van der Waals surface area contributed by atoms with Crippen LogP contribution in [-0.4, -0.2) is 17.0 Å². The molecule has 1 aromatic heterocycles. The zero-order valence-corrected chi connectivity index (χ0v) is 13.7. The van der Waals surface area contributed by atoms with E-state index in [4.69, 9.17) is 23.2 Å². The summed E-state index contributed by atoms with van der Waals surface area (Å²) in [5.74, 6) is -0.903. The van der Waals surface area contributed by atoms with E-state index < -0.39 is 5.91 Å². The molecule has 2 amide bonds. The lowest BCUT2D eigenvalue weighted by molar-refractivity contribution is -0.684. The number of amides is 2. The van der Waals surface area contributed by atoms with Crippen molar-refractivity contribution in [3.63, 3.8) is 0 Å². The molecule has 2 rings (SSSR count). The van der Waals surface area contributed by atoms with Crippen molar-refractivity contribution >= 4 is 46.4 Å². The fourth-order valence-electron chi connectivity index (χ4n) is 1.88. The zero-order valence-electron chi connectivity index (χ0n) is 12.2. The van der Waals surface area contributed by atoms with Crippen LogP contribution in [0.4, 0.5) is 11.4 Å². The van der Waals surface area contributed by atoms with Crippen LogP contribution in [0.25, 0.3) is 0 Å². The highest BCUT2D eigenvalue weighted by Gasteiger charge is 2.20. The molecule has 6 nitrogen and oxygen atoms in total. The Morgan fingerprint density at radius 2 is 1.74 bits per heavy atom. The van der Waals surface area contributed by atoms with E-state index in [1.54, 1.807) is 29.1 Å². The summed E-state index contributed by atoms with van der Waals surface area (Å²) in [7, 11) is 0. The summed E-state index contributed by atoms with van der Waals surface area (Å²) < 4.78 is 1.61. The summed E-state index contributed by atoms with van der Waals surface area (Å²) in [4.78, 5) is 23.2. The van der Waals surface area contributed by atoms with Gasteiger partial charge in [0, 0.05) is 19.1 Å². The number of hydrogen-bond donors (Lipinski definition) is 2. The van der Waals surface area contributed by atoms with Crippen molar-refractivity contribution in [3.05, 3.63) is 52.8 Å². The Kier molecular flexibility index (Phi) is 5.54. The molecule has 0 spiro atoms. The zero-order chi connectivity index (χ0) is 17.0. The van der Waals surface area contributed by atoms with Gasteiger partial charge in [0.15, 0.2) is 12.4 Å². The van der Waals surface area contributed by atoms with Crippen LogP contribution in [0.2, 0.25) is 10.0 Å². The third-order valence-electron chi connectivity index (χ3n) is 2.90. The molecular weight excluding hydrogens is 341 g/mol. The van der Waals surface area contributed by atoms with E-state index in [-0.39, 0.29) is 33.9 Å². The molecule has 2 aromatic rings. The van der Waals surface area contributed by atoms with E-state index >= 15 is 0 Å². The summed E-state index contributed by atoms with van der Waals surface area (Å²) in [5, 5.41) is 13.2. The van der Waals surface area contributed by atoms with Crippen LogP contribution in [0.1, 0.15) is 6.92 Å². The Balaban J connectivity index is 2.20. The predicted molar refractivity (Wildman–Crippen MR) is 86.7 cm³/mol. The van der Waals surface area contributed by atoms with Gasteiger partial charge in [-0.05, 0) is 12.1 Å². The van der Waals surface area contributed by atoms with Crippen LogP contribution >= 0.6 is 23.2 Å². The van der Waals surface area contributed by atoms with Gasteiger partial charge < -0.3 is 5.32 Å². The molecule has 0 aliphatic rings. The van der Waals surface area contributed by atoms with E-state index in [1.807, 2.05) is 6.07 Å². The lowest BCUT2D eigenvalue weighted by Gasteiger charge is -2.16. The van der Waals surface area contributed by atoms with E-state index in [0.717, 1.165) is 0 Å². The Bertz CT molecular complexity index is 715. The standard InChI is InChI=1S/C15H13Cl2N3O3/c1-10(21)18-15-12(16)7-11(8-13(15)17)20(23)14(22)9-19-5-3-2-4-6-19/h2-8,23H,9H2,1H3/p+1. The van der Waals surface area contributed by atoms with Crippen molar-refractivity contribution in [2.45, 2.75) is 13.5 Å². The van der Waals surface area contributed by atoms with Crippen LogP contribution < -0.4 is 14.9 Å². The summed E-state index contributed by atoms with van der Waals surface area (Å²) in [6.45, 7) is 1.26. The van der Waals surface area contributed by atoms with Crippen molar-refractivity contribution in [1.29, 1.82) is 0 Å². The number of halogens is 2. The highest BCUT2D eigenvalue weighted by molar-refractivity contribution is 6.40. The first-order valence-electron chi connectivity index (χ1n) is 6.61. The van der Waals surface area contributed by atoms with Crippen LogP contribution in [0.15, 0.2) is 42.7 Å². The van der Waals surface area contributed by atoms with Crippen molar-refractivity contribution < 1.29 is 19.4 Å². The van der Waals surface area contributed by atoms with Gasteiger partial charge in [0.2, 0.25) is 12.5 Å². The second-order valence-corrected chi connectivity index (χ2v) is 5.53. The minimum absolute atomic E-state index is 0.0555. The highest BCUT2D eigenvalue weighted by atomic mass is 35.5. The number of nitrogens with zero attached hydrogens (tertiary/aromatic N) is 2. The molecule has 0 fully saturated rings. The maximum absolute atomic E-state index is 12.1. The van der Waals surface area contributed by atoms with Crippen LogP contribution in [-0.2, 0) is 16.1 Å². The molecule has 0 saturated carbocycles. The average molecular weight is 355 g/mol. The van der Waals surface area contributed by atoms with Crippen LogP contribution in [0.5, 0.6) is 0 Å².